The van der Waals surface area contributed by atoms with E-state index in [4.69, 9.17) is 9.15 Å². The van der Waals surface area contributed by atoms with E-state index in [0.717, 1.165) is 11.8 Å². The van der Waals surface area contributed by atoms with Crippen LogP contribution in [0, 0.1) is 5.82 Å². The van der Waals surface area contributed by atoms with E-state index >= 15 is 0 Å². The van der Waals surface area contributed by atoms with E-state index in [-0.39, 0.29) is 23.4 Å². The van der Waals surface area contributed by atoms with Crippen molar-refractivity contribution in [1.29, 1.82) is 0 Å². The quantitative estimate of drug-likeness (QED) is 0.346. The fraction of sp³-hybridized carbons (Fsp3) is 0.200. The first-order valence-electron chi connectivity index (χ1n) is 10.2. The van der Waals surface area contributed by atoms with Gasteiger partial charge < -0.3 is 24.1 Å². The Morgan fingerprint density at radius 1 is 1.15 bits per heavy atom. The number of benzene rings is 2. The van der Waals surface area contributed by atoms with Gasteiger partial charge in [-0.2, -0.15) is 0 Å². The maximum atomic E-state index is 14.3. The van der Waals surface area contributed by atoms with E-state index in [2.05, 4.69) is 0 Å². The summed E-state index contributed by atoms with van der Waals surface area (Å²) >= 11 is 0. The fourth-order valence-corrected chi connectivity index (χ4v) is 3.88. The number of carbonyl (C=O) groups excluding carboxylic acids is 2. The highest BCUT2D eigenvalue weighted by molar-refractivity contribution is 6.46. The van der Waals surface area contributed by atoms with Crippen molar-refractivity contribution in [3.05, 3.63) is 89.1 Å². The van der Waals surface area contributed by atoms with Crippen LogP contribution in [0.3, 0.4) is 0 Å². The number of methoxy groups -OCH3 is 1. The zero-order chi connectivity index (χ0) is 23.7. The van der Waals surface area contributed by atoms with Gasteiger partial charge >= 0.3 is 0 Å². The number of hydrogen-bond acceptors (Lipinski definition) is 6. The van der Waals surface area contributed by atoms with Crippen molar-refractivity contribution in [3.8, 4) is 5.75 Å². The second-order valence-corrected chi connectivity index (χ2v) is 7.84. The zero-order valence-electron chi connectivity index (χ0n) is 18.4. The first kappa shape index (κ1) is 22.1. The number of amides is 1. The predicted molar refractivity (Wildman–Crippen MR) is 120 cm³/mol. The molecule has 4 rings (SSSR count). The molecule has 1 atom stereocenters. The molecule has 33 heavy (non-hydrogen) atoms. The number of aliphatic hydroxyl groups excluding tert-OH is 1. The number of likely N-dealkylation sites (tertiary alicyclic amines) is 1. The molecule has 0 saturated carbocycles. The van der Waals surface area contributed by atoms with E-state index < -0.39 is 29.3 Å². The summed E-state index contributed by atoms with van der Waals surface area (Å²) in [6, 6.07) is 13.7. The minimum absolute atomic E-state index is 0.000597. The van der Waals surface area contributed by atoms with Crippen molar-refractivity contribution in [2.45, 2.75) is 12.6 Å². The average Bonchev–Trinajstić information content (AvgIpc) is 3.41. The monoisotopic (exact) mass is 450 g/mol. The van der Waals surface area contributed by atoms with Crippen LogP contribution in [0.2, 0.25) is 0 Å². The molecule has 7 nitrogen and oxygen atoms in total. The average molecular weight is 450 g/mol. The Kier molecular flexibility index (Phi) is 5.91. The summed E-state index contributed by atoms with van der Waals surface area (Å²) in [6.45, 7) is 0.0332. The fourth-order valence-electron chi connectivity index (χ4n) is 3.88. The smallest absolute Gasteiger partial charge is 0.296 e. The Hall–Kier alpha value is -4.07. The van der Waals surface area contributed by atoms with Gasteiger partial charge in [-0.15, -0.1) is 0 Å². The molecule has 1 unspecified atom stereocenters. The third kappa shape index (κ3) is 4.07. The molecule has 2 heterocycles. The Bertz CT molecular complexity index is 1220. The molecule has 1 saturated heterocycles. The molecule has 2 aromatic carbocycles. The van der Waals surface area contributed by atoms with Gasteiger partial charge in [-0.3, -0.25) is 9.59 Å². The lowest BCUT2D eigenvalue weighted by Gasteiger charge is -2.25. The van der Waals surface area contributed by atoms with Crippen molar-refractivity contribution >= 4 is 23.1 Å². The highest BCUT2D eigenvalue weighted by Crippen LogP contribution is 2.41. The summed E-state index contributed by atoms with van der Waals surface area (Å²) in [7, 11) is 5.13. The molecule has 1 fully saturated rings. The third-order valence-electron chi connectivity index (χ3n) is 5.60. The highest BCUT2D eigenvalue weighted by Gasteiger charge is 2.46. The van der Waals surface area contributed by atoms with Crippen molar-refractivity contribution in [2.24, 2.45) is 0 Å². The van der Waals surface area contributed by atoms with Crippen LogP contribution in [0.25, 0.3) is 5.76 Å². The molecular formula is C25H23FN2O5. The van der Waals surface area contributed by atoms with Crippen LogP contribution in [-0.4, -0.2) is 42.9 Å². The van der Waals surface area contributed by atoms with Crippen LogP contribution in [0.15, 0.2) is 70.9 Å². The van der Waals surface area contributed by atoms with Crippen LogP contribution < -0.4 is 9.64 Å². The van der Waals surface area contributed by atoms with Gasteiger partial charge in [-0.25, -0.2) is 4.39 Å². The van der Waals surface area contributed by atoms with Crippen molar-refractivity contribution in [2.75, 3.05) is 26.1 Å². The number of Topliss-reactive ketones (excluding diaryl/α,β-unsaturated/α-hetero) is 1. The summed E-state index contributed by atoms with van der Waals surface area (Å²) in [6.07, 6.45) is 1.48. The van der Waals surface area contributed by atoms with Crippen LogP contribution in [-0.2, 0) is 16.1 Å². The summed E-state index contributed by atoms with van der Waals surface area (Å²) in [4.78, 5) is 29.3. The van der Waals surface area contributed by atoms with Gasteiger partial charge in [-0.1, -0.05) is 12.1 Å². The van der Waals surface area contributed by atoms with Crippen LogP contribution >= 0.6 is 0 Å². The molecule has 170 valence electrons. The molecule has 0 aliphatic carbocycles. The SMILES string of the molecule is COc1ccc(/C(O)=C2/C(=O)C(=O)N(Cc3ccco3)C2c2ccc(N(C)C)cc2)cc1F. The molecular weight excluding hydrogens is 427 g/mol. The minimum atomic E-state index is -0.878. The lowest BCUT2D eigenvalue weighted by Crippen LogP contribution is -2.29. The summed E-state index contributed by atoms with van der Waals surface area (Å²) in [5.41, 5.74) is 1.51. The van der Waals surface area contributed by atoms with E-state index in [9.17, 15) is 19.1 Å². The number of ketones is 1. The predicted octanol–water partition coefficient (Wildman–Crippen LogP) is 4.12. The first-order valence-corrected chi connectivity index (χ1v) is 10.2. The number of anilines is 1. The standard InChI is InChI=1S/C25H23FN2O5/c1-27(2)17-9-6-15(7-10-17)22-21(23(29)16-8-11-20(32-3)19(26)13-16)24(30)25(31)28(22)14-18-5-4-12-33-18/h4-13,22,29H,14H2,1-3H3/b23-21-. The van der Waals surface area contributed by atoms with E-state index in [1.165, 1.54) is 30.4 Å². The molecule has 1 amide bonds. The molecule has 0 bridgehead atoms. The Morgan fingerprint density at radius 3 is 2.45 bits per heavy atom. The maximum absolute atomic E-state index is 14.3. The van der Waals surface area contributed by atoms with E-state index in [1.54, 1.807) is 24.3 Å². The molecule has 8 heteroatoms. The number of carbonyl (C=O) groups is 2. The van der Waals surface area contributed by atoms with Crippen LogP contribution in [0.4, 0.5) is 10.1 Å². The summed E-state index contributed by atoms with van der Waals surface area (Å²) < 4.78 is 24.6. The molecule has 1 aliphatic heterocycles. The van der Waals surface area contributed by atoms with Gasteiger partial charge in [0.2, 0.25) is 0 Å². The molecule has 0 radical (unpaired) electrons. The largest absolute Gasteiger partial charge is 0.507 e. The molecule has 1 N–H and O–H groups in total. The second kappa shape index (κ2) is 8.82. The number of halogens is 1. The van der Waals surface area contributed by atoms with Crippen LogP contribution in [0.1, 0.15) is 22.9 Å². The number of ether oxygens (including phenoxy) is 1. The summed E-state index contributed by atoms with van der Waals surface area (Å²) in [5, 5.41) is 11.1. The van der Waals surface area contributed by atoms with Gasteiger partial charge in [0.15, 0.2) is 11.6 Å². The second-order valence-electron chi connectivity index (χ2n) is 7.84. The Morgan fingerprint density at radius 2 is 1.88 bits per heavy atom. The number of aliphatic hydroxyl groups is 1. The normalized spacial score (nSPS) is 17.5. The van der Waals surface area contributed by atoms with E-state index in [0.29, 0.717) is 11.3 Å². The van der Waals surface area contributed by atoms with Crippen molar-refractivity contribution in [3.63, 3.8) is 0 Å². The highest BCUT2D eigenvalue weighted by atomic mass is 19.1. The van der Waals surface area contributed by atoms with Crippen molar-refractivity contribution < 1.29 is 28.2 Å². The van der Waals surface area contributed by atoms with E-state index in [1.807, 2.05) is 31.1 Å². The number of furan rings is 1. The zero-order valence-corrected chi connectivity index (χ0v) is 18.4. The topological polar surface area (TPSA) is 83.2 Å². The number of hydrogen-bond donors (Lipinski definition) is 1. The summed E-state index contributed by atoms with van der Waals surface area (Å²) in [5.74, 6) is -2.29. The van der Waals surface area contributed by atoms with Crippen LogP contribution in [0.5, 0.6) is 5.75 Å². The first-order chi connectivity index (χ1) is 15.8. The van der Waals surface area contributed by atoms with Gasteiger partial charge in [0.25, 0.3) is 11.7 Å². The van der Waals surface area contributed by atoms with Crippen molar-refractivity contribution in [1.82, 2.24) is 4.90 Å². The number of rotatable bonds is 6. The lowest BCUT2D eigenvalue weighted by molar-refractivity contribution is -0.140. The molecule has 3 aromatic rings. The van der Waals surface area contributed by atoms with Gasteiger partial charge in [0, 0.05) is 25.3 Å². The minimum Gasteiger partial charge on any atom is -0.507 e. The molecule has 0 spiro atoms. The number of nitrogens with zero attached hydrogens (tertiary/aromatic N) is 2. The molecule has 1 aliphatic rings. The van der Waals surface area contributed by atoms with Gasteiger partial charge in [0.05, 0.1) is 31.5 Å². The molecule has 1 aromatic heterocycles. The Balaban J connectivity index is 1.85. The maximum Gasteiger partial charge on any atom is 0.296 e. The third-order valence-corrected chi connectivity index (χ3v) is 5.60. The Labute approximate surface area is 190 Å². The van der Waals surface area contributed by atoms with Gasteiger partial charge in [0.1, 0.15) is 11.5 Å². The van der Waals surface area contributed by atoms with Gasteiger partial charge in [-0.05, 0) is 48.0 Å². The lowest BCUT2D eigenvalue weighted by atomic mass is 9.95.